The molecule has 28 heavy (non-hydrogen) atoms. The third-order valence-corrected chi connectivity index (χ3v) is 4.37. The maximum absolute atomic E-state index is 12.9. The van der Waals surface area contributed by atoms with Gasteiger partial charge < -0.3 is 5.11 Å². The minimum atomic E-state index is -0.989. The number of ketones is 1. The molecular formula is C22H21N3O3. The van der Waals surface area contributed by atoms with Crippen molar-refractivity contribution in [3.8, 4) is 11.1 Å². The number of hydrogen-bond acceptors (Lipinski definition) is 5. The van der Waals surface area contributed by atoms with Gasteiger partial charge in [0.05, 0.1) is 12.6 Å². The second kappa shape index (κ2) is 9.53. The lowest BCUT2D eigenvalue weighted by Crippen LogP contribution is -2.42. The Kier molecular flexibility index (Phi) is 6.59. The predicted octanol–water partition coefficient (Wildman–Crippen LogP) is 2.54. The molecule has 142 valence electrons. The Bertz CT molecular complexity index is 930. The third-order valence-electron chi connectivity index (χ3n) is 4.37. The minimum absolute atomic E-state index is 0.0495. The van der Waals surface area contributed by atoms with Gasteiger partial charge in [-0.2, -0.15) is 0 Å². The number of nitrogens with zero attached hydrogens (tertiary/aromatic N) is 2. The van der Waals surface area contributed by atoms with E-state index in [-0.39, 0.29) is 18.7 Å². The van der Waals surface area contributed by atoms with Crippen molar-refractivity contribution in [2.75, 3.05) is 6.54 Å². The number of nitrogens with one attached hydrogen (secondary N) is 1. The summed E-state index contributed by atoms with van der Waals surface area (Å²) in [4.78, 5) is 31.9. The van der Waals surface area contributed by atoms with E-state index in [1.807, 2.05) is 54.6 Å². The number of Topliss-reactive ketones (excluding diaryl/α,β-unsaturated/α-hetero) is 1. The van der Waals surface area contributed by atoms with Gasteiger partial charge in [-0.05, 0) is 23.1 Å². The van der Waals surface area contributed by atoms with Crippen LogP contribution in [-0.2, 0) is 22.4 Å². The summed E-state index contributed by atoms with van der Waals surface area (Å²) in [6.07, 6.45) is 5.57. The summed E-state index contributed by atoms with van der Waals surface area (Å²) in [6.45, 7) is -0.259. The zero-order valence-electron chi connectivity index (χ0n) is 15.3. The Balaban J connectivity index is 1.74. The normalized spacial score (nSPS) is 11.7. The molecule has 0 fully saturated rings. The third kappa shape index (κ3) is 5.56. The molecule has 2 aromatic carbocycles. The number of carbonyl (C=O) groups is 2. The van der Waals surface area contributed by atoms with E-state index in [4.69, 9.17) is 5.11 Å². The van der Waals surface area contributed by atoms with Crippen LogP contribution in [0.3, 0.4) is 0 Å². The number of aliphatic carboxylic acids is 1. The van der Waals surface area contributed by atoms with Crippen LogP contribution in [0.4, 0.5) is 0 Å². The van der Waals surface area contributed by atoms with Crippen LogP contribution in [0.1, 0.15) is 11.1 Å². The molecule has 6 heteroatoms. The highest BCUT2D eigenvalue weighted by Gasteiger charge is 2.20. The molecule has 0 aliphatic heterocycles. The minimum Gasteiger partial charge on any atom is -0.480 e. The Morgan fingerprint density at radius 3 is 2.36 bits per heavy atom. The van der Waals surface area contributed by atoms with E-state index in [1.165, 1.54) is 6.33 Å². The lowest BCUT2D eigenvalue weighted by Gasteiger charge is -2.17. The molecule has 0 amide bonds. The molecule has 0 saturated heterocycles. The topological polar surface area (TPSA) is 92.2 Å². The molecule has 0 radical (unpaired) electrons. The van der Waals surface area contributed by atoms with E-state index in [0.717, 1.165) is 22.3 Å². The van der Waals surface area contributed by atoms with E-state index in [1.54, 1.807) is 12.4 Å². The molecule has 1 heterocycles. The number of rotatable bonds is 9. The highest BCUT2D eigenvalue weighted by molar-refractivity contribution is 5.87. The van der Waals surface area contributed by atoms with Crippen LogP contribution in [0, 0.1) is 0 Å². The van der Waals surface area contributed by atoms with E-state index in [9.17, 15) is 9.59 Å². The van der Waals surface area contributed by atoms with Crippen molar-refractivity contribution in [1.29, 1.82) is 0 Å². The number of carboxylic acids is 1. The van der Waals surface area contributed by atoms with Gasteiger partial charge in [-0.15, -0.1) is 0 Å². The Hall–Kier alpha value is -3.38. The van der Waals surface area contributed by atoms with Gasteiger partial charge in [0.25, 0.3) is 0 Å². The Labute approximate surface area is 163 Å². The second-order valence-corrected chi connectivity index (χ2v) is 6.49. The van der Waals surface area contributed by atoms with E-state index in [0.29, 0.717) is 6.42 Å². The van der Waals surface area contributed by atoms with E-state index < -0.39 is 12.0 Å². The van der Waals surface area contributed by atoms with Crippen LogP contribution in [0.25, 0.3) is 11.1 Å². The van der Waals surface area contributed by atoms with Crippen molar-refractivity contribution in [3.63, 3.8) is 0 Å². The van der Waals surface area contributed by atoms with Gasteiger partial charge >= 0.3 is 5.97 Å². The summed E-state index contributed by atoms with van der Waals surface area (Å²) >= 11 is 0. The molecule has 1 atom stereocenters. The number of aromatic nitrogens is 2. The maximum Gasteiger partial charge on any atom is 0.317 e. The fourth-order valence-electron chi connectivity index (χ4n) is 2.99. The summed E-state index contributed by atoms with van der Waals surface area (Å²) < 4.78 is 0. The largest absolute Gasteiger partial charge is 0.480 e. The van der Waals surface area contributed by atoms with Crippen LogP contribution < -0.4 is 5.32 Å². The van der Waals surface area contributed by atoms with Gasteiger partial charge in [-0.25, -0.2) is 9.97 Å². The standard InChI is InChI=1S/C22H21N3O3/c26-21(20(25-14-22(27)28)10-16-5-2-1-3-6-16)11-17-7-4-8-18(9-17)19-12-23-15-24-13-19/h1-9,12-13,15,20,25H,10-11,14H2,(H,27,28)/t20-/m0/s1. The summed E-state index contributed by atoms with van der Waals surface area (Å²) in [5.41, 5.74) is 3.65. The summed E-state index contributed by atoms with van der Waals surface area (Å²) in [5.74, 6) is -1.04. The van der Waals surface area contributed by atoms with Crippen LogP contribution in [-0.4, -0.2) is 39.4 Å². The Morgan fingerprint density at radius 1 is 0.929 bits per heavy atom. The van der Waals surface area contributed by atoms with E-state index >= 15 is 0 Å². The van der Waals surface area contributed by atoms with Crippen molar-refractivity contribution in [1.82, 2.24) is 15.3 Å². The molecule has 0 bridgehead atoms. The molecule has 0 spiro atoms. The van der Waals surface area contributed by atoms with Gasteiger partial charge in [0.2, 0.25) is 0 Å². The molecule has 3 rings (SSSR count). The average molecular weight is 375 g/mol. The number of carbonyl (C=O) groups excluding carboxylic acids is 1. The number of carboxylic acid groups (broad SMARTS) is 1. The fourth-order valence-corrected chi connectivity index (χ4v) is 2.99. The van der Waals surface area contributed by atoms with Crippen molar-refractivity contribution in [2.45, 2.75) is 18.9 Å². The number of hydrogen-bond donors (Lipinski definition) is 2. The summed E-state index contributed by atoms with van der Waals surface area (Å²) in [7, 11) is 0. The summed E-state index contributed by atoms with van der Waals surface area (Å²) in [5, 5.41) is 11.8. The first-order valence-corrected chi connectivity index (χ1v) is 8.98. The first-order valence-electron chi connectivity index (χ1n) is 8.98. The first-order chi connectivity index (χ1) is 13.6. The molecule has 0 unspecified atom stereocenters. The van der Waals surface area contributed by atoms with E-state index in [2.05, 4.69) is 15.3 Å². The highest BCUT2D eigenvalue weighted by Crippen LogP contribution is 2.19. The van der Waals surface area contributed by atoms with Gasteiger partial charge in [0, 0.05) is 24.4 Å². The maximum atomic E-state index is 12.9. The van der Waals surface area contributed by atoms with Crippen LogP contribution in [0.5, 0.6) is 0 Å². The Morgan fingerprint density at radius 2 is 1.64 bits per heavy atom. The lowest BCUT2D eigenvalue weighted by atomic mass is 9.96. The number of benzene rings is 2. The lowest BCUT2D eigenvalue weighted by molar-refractivity contribution is -0.136. The monoisotopic (exact) mass is 375 g/mol. The zero-order chi connectivity index (χ0) is 19.8. The van der Waals surface area contributed by atoms with Crippen LogP contribution in [0.2, 0.25) is 0 Å². The molecule has 0 aliphatic carbocycles. The molecule has 0 aliphatic rings. The van der Waals surface area contributed by atoms with Crippen molar-refractivity contribution in [2.24, 2.45) is 0 Å². The highest BCUT2D eigenvalue weighted by atomic mass is 16.4. The first kappa shape index (κ1) is 19.4. The van der Waals surface area contributed by atoms with Crippen molar-refractivity contribution >= 4 is 11.8 Å². The fraction of sp³-hybridized carbons (Fsp3) is 0.182. The molecule has 6 nitrogen and oxygen atoms in total. The average Bonchev–Trinajstić information content (AvgIpc) is 2.72. The van der Waals surface area contributed by atoms with Gasteiger partial charge in [0.15, 0.2) is 5.78 Å². The van der Waals surface area contributed by atoms with Crippen LogP contribution in [0.15, 0.2) is 73.3 Å². The molecule has 3 aromatic rings. The van der Waals surface area contributed by atoms with Gasteiger partial charge in [-0.3, -0.25) is 14.9 Å². The molecule has 1 aromatic heterocycles. The van der Waals surface area contributed by atoms with Gasteiger partial charge in [-0.1, -0.05) is 54.6 Å². The molecular weight excluding hydrogens is 354 g/mol. The molecule has 0 saturated carbocycles. The second-order valence-electron chi connectivity index (χ2n) is 6.49. The summed E-state index contributed by atoms with van der Waals surface area (Å²) in [6, 6.07) is 16.7. The smallest absolute Gasteiger partial charge is 0.317 e. The quantitative estimate of drug-likeness (QED) is 0.597. The zero-order valence-corrected chi connectivity index (χ0v) is 15.3. The SMILES string of the molecule is O=C(O)CN[C@@H](Cc1ccccc1)C(=O)Cc1cccc(-c2cncnc2)c1. The molecule has 2 N–H and O–H groups in total. The van der Waals surface area contributed by atoms with Crippen molar-refractivity contribution < 1.29 is 14.7 Å². The van der Waals surface area contributed by atoms with Gasteiger partial charge in [0.1, 0.15) is 6.33 Å². The predicted molar refractivity (Wildman–Crippen MR) is 106 cm³/mol. The van der Waals surface area contributed by atoms with Crippen LogP contribution >= 0.6 is 0 Å². The van der Waals surface area contributed by atoms with Crippen molar-refractivity contribution in [3.05, 3.63) is 84.4 Å².